The number of anilines is 2. The largest absolute Gasteiger partial charge is 0.399 e. The maximum absolute atomic E-state index is 13.3. The molecule has 2 heterocycles. The molecule has 1 amide bonds. The molecular formula is C23H20N4O. The van der Waals surface area contributed by atoms with E-state index < -0.39 is 0 Å². The van der Waals surface area contributed by atoms with Crippen LogP contribution in [0.15, 0.2) is 48.5 Å². The van der Waals surface area contributed by atoms with Gasteiger partial charge < -0.3 is 15.6 Å². The molecule has 0 fully saturated rings. The van der Waals surface area contributed by atoms with Crippen LogP contribution < -0.4 is 10.6 Å². The quantitative estimate of drug-likeness (QED) is 0.537. The van der Waals surface area contributed by atoms with Crippen LogP contribution in [0.1, 0.15) is 33.6 Å². The molecule has 0 aliphatic carbocycles. The number of nitrogen functional groups attached to an aromatic ring is 1. The third-order valence-corrected chi connectivity index (χ3v) is 4.98. The number of nitrogens with one attached hydrogen (secondary N) is 1. The lowest BCUT2D eigenvalue weighted by atomic mass is 10.0. The zero-order chi connectivity index (χ0) is 19.8. The van der Waals surface area contributed by atoms with Gasteiger partial charge in [0.2, 0.25) is 0 Å². The number of nitrogens with zero attached hydrogens (tertiary/aromatic N) is 2. The lowest BCUT2D eigenvalue weighted by molar-refractivity contribution is -0.113. The first-order chi connectivity index (χ1) is 13.5. The Kier molecular flexibility index (Phi) is 4.25. The van der Waals surface area contributed by atoms with E-state index in [0.29, 0.717) is 23.4 Å². The van der Waals surface area contributed by atoms with E-state index in [1.807, 2.05) is 50.3 Å². The van der Waals surface area contributed by atoms with Crippen LogP contribution in [0.4, 0.5) is 11.4 Å². The summed E-state index contributed by atoms with van der Waals surface area (Å²) in [7, 11) is 0. The van der Waals surface area contributed by atoms with Crippen molar-refractivity contribution in [1.29, 1.82) is 5.26 Å². The van der Waals surface area contributed by atoms with Gasteiger partial charge in [0.15, 0.2) is 0 Å². The summed E-state index contributed by atoms with van der Waals surface area (Å²) in [5.41, 5.74) is 13.6. The Morgan fingerprint density at radius 1 is 1.14 bits per heavy atom. The highest BCUT2D eigenvalue weighted by molar-refractivity contribution is 6.35. The van der Waals surface area contributed by atoms with Crippen LogP contribution in [0.5, 0.6) is 0 Å². The predicted octanol–water partition coefficient (Wildman–Crippen LogP) is 4.17. The highest BCUT2D eigenvalue weighted by Gasteiger charge is 2.32. The number of benzene rings is 2. The maximum atomic E-state index is 13.3. The van der Waals surface area contributed by atoms with Crippen molar-refractivity contribution in [3.05, 3.63) is 82.2 Å². The van der Waals surface area contributed by atoms with E-state index in [4.69, 9.17) is 11.0 Å². The second-order valence-corrected chi connectivity index (χ2v) is 7.08. The van der Waals surface area contributed by atoms with Crippen LogP contribution in [-0.4, -0.2) is 10.9 Å². The molecule has 0 unspecified atom stereocenters. The van der Waals surface area contributed by atoms with E-state index in [0.717, 1.165) is 33.8 Å². The van der Waals surface area contributed by atoms with E-state index >= 15 is 0 Å². The number of amides is 1. The molecule has 0 saturated carbocycles. The molecule has 1 aromatic heterocycles. The third-order valence-electron chi connectivity index (χ3n) is 4.98. The van der Waals surface area contributed by atoms with Crippen molar-refractivity contribution in [1.82, 2.24) is 4.98 Å². The number of aromatic nitrogens is 1. The van der Waals surface area contributed by atoms with E-state index in [2.05, 4.69) is 17.1 Å². The first kappa shape index (κ1) is 17.6. The van der Waals surface area contributed by atoms with E-state index in [1.165, 1.54) is 0 Å². The van der Waals surface area contributed by atoms with E-state index in [9.17, 15) is 4.79 Å². The Balaban J connectivity index is 1.76. The van der Waals surface area contributed by atoms with Crippen molar-refractivity contribution in [2.24, 2.45) is 0 Å². The molecule has 1 aliphatic rings. The summed E-state index contributed by atoms with van der Waals surface area (Å²) in [6.45, 7) is 4.44. The van der Waals surface area contributed by atoms with Gasteiger partial charge in [-0.15, -0.1) is 0 Å². The first-order valence-corrected chi connectivity index (χ1v) is 9.05. The number of carbonyl (C=O) groups excluding carboxylic acids is 1. The van der Waals surface area contributed by atoms with Crippen molar-refractivity contribution in [3.63, 3.8) is 0 Å². The average Bonchev–Trinajstić information content (AvgIpc) is 3.13. The maximum Gasteiger partial charge on any atom is 0.259 e. The average molecular weight is 368 g/mol. The van der Waals surface area contributed by atoms with Gasteiger partial charge in [-0.25, -0.2) is 0 Å². The first-order valence-electron chi connectivity index (χ1n) is 9.05. The third kappa shape index (κ3) is 3.06. The molecule has 3 aromatic rings. The summed E-state index contributed by atoms with van der Waals surface area (Å²) in [5.74, 6) is -0.0587. The zero-order valence-electron chi connectivity index (χ0n) is 15.8. The SMILES string of the molecule is Cc1cc(C)c(/C=C2\C(=O)N(Cc3ccc(C#N)cc3)c3ccc(N)cc32)[nH]1. The molecular weight excluding hydrogens is 348 g/mol. The monoisotopic (exact) mass is 368 g/mol. The molecule has 0 spiro atoms. The molecule has 0 radical (unpaired) electrons. The Bertz CT molecular complexity index is 1150. The number of aromatic amines is 1. The van der Waals surface area contributed by atoms with Crippen LogP contribution in [-0.2, 0) is 11.3 Å². The van der Waals surface area contributed by atoms with Crippen molar-refractivity contribution in [2.45, 2.75) is 20.4 Å². The van der Waals surface area contributed by atoms with Gasteiger partial charge in [0.25, 0.3) is 5.91 Å². The number of rotatable bonds is 3. The van der Waals surface area contributed by atoms with E-state index in [-0.39, 0.29) is 5.91 Å². The smallest absolute Gasteiger partial charge is 0.259 e. The molecule has 2 aromatic carbocycles. The van der Waals surface area contributed by atoms with Gasteiger partial charge in [-0.2, -0.15) is 5.26 Å². The van der Waals surface area contributed by atoms with Crippen LogP contribution in [0, 0.1) is 25.2 Å². The van der Waals surface area contributed by atoms with Crippen LogP contribution in [0.25, 0.3) is 11.6 Å². The minimum atomic E-state index is -0.0587. The van der Waals surface area contributed by atoms with Gasteiger partial charge >= 0.3 is 0 Å². The van der Waals surface area contributed by atoms with Crippen molar-refractivity contribution < 1.29 is 4.79 Å². The van der Waals surface area contributed by atoms with Crippen LogP contribution in [0.3, 0.4) is 0 Å². The summed E-state index contributed by atoms with van der Waals surface area (Å²) in [6.07, 6.45) is 1.90. The number of fused-ring (bicyclic) bond motifs is 1. The Morgan fingerprint density at radius 2 is 1.89 bits per heavy atom. The fraction of sp³-hybridized carbons (Fsp3) is 0.130. The minimum absolute atomic E-state index is 0.0587. The van der Waals surface area contributed by atoms with E-state index in [1.54, 1.807) is 17.0 Å². The number of aryl methyl sites for hydroxylation is 2. The number of nitrogens with two attached hydrogens (primary N) is 1. The molecule has 3 N–H and O–H groups in total. The molecule has 28 heavy (non-hydrogen) atoms. The Morgan fingerprint density at radius 3 is 2.54 bits per heavy atom. The molecule has 1 aliphatic heterocycles. The van der Waals surface area contributed by atoms with Gasteiger partial charge in [-0.05, 0) is 67.4 Å². The highest BCUT2D eigenvalue weighted by atomic mass is 16.2. The van der Waals surface area contributed by atoms with Crippen molar-refractivity contribution >= 4 is 28.9 Å². The normalized spacial score (nSPS) is 14.4. The topological polar surface area (TPSA) is 85.9 Å². The predicted molar refractivity (Wildman–Crippen MR) is 111 cm³/mol. The van der Waals surface area contributed by atoms with Crippen LogP contribution >= 0.6 is 0 Å². The van der Waals surface area contributed by atoms with Crippen molar-refractivity contribution in [2.75, 3.05) is 10.6 Å². The highest BCUT2D eigenvalue weighted by Crippen LogP contribution is 2.40. The molecule has 138 valence electrons. The minimum Gasteiger partial charge on any atom is -0.399 e. The fourth-order valence-corrected chi connectivity index (χ4v) is 3.58. The van der Waals surface area contributed by atoms with Gasteiger partial charge in [-0.1, -0.05) is 12.1 Å². The number of hydrogen-bond acceptors (Lipinski definition) is 3. The molecule has 5 nitrogen and oxygen atoms in total. The molecule has 0 atom stereocenters. The van der Waals surface area contributed by atoms with Gasteiger partial charge in [0.05, 0.1) is 29.4 Å². The Hall–Kier alpha value is -3.78. The summed E-state index contributed by atoms with van der Waals surface area (Å²) in [6, 6.07) is 17.0. The number of H-pyrrole nitrogens is 1. The lowest BCUT2D eigenvalue weighted by Gasteiger charge is -2.17. The standard InChI is InChI=1S/C23H20N4O/c1-14-9-15(2)26-21(14)11-20-19-10-18(25)7-8-22(19)27(23(20)28)13-17-5-3-16(12-24)4-6-17/h3-11,26H,13,25H2,1-2H3/b20-11-. The summed E-state index contributed by atoms with van der Waals surface area (Å²) < 4.78 is 0. The molecule has 0 bridgehead atoms. The number of hydrogen-bond donors (Lipinski definition) is 2. The van der Waals surface area contributed by atoms with Crippen LogP contribution in [0.2, 0.25) is 0 Å². The molecule has 5 heteroatoms. The lowest BCUT2D eigenvalue weighted by Crippen LogP contribution is -2.25. The second kappa shape index (κ2) is 6.75. The number of carbonyl (C=O) groups is 1. The Labute approximate surface area is 163 Å². The molecule has 0 saturated heterocycles. The summed E-state index contributed by atoms with van der Waals surface area (Å²) in [4.78, 5) is 18.3. The molecule has 4 rings (SSSR count). The van der Waals surface area contributed by atoms with Crippen molar-refractivity contribution in [3.8, 4) is 6.07 Å². The summed E-state index contributed by atoms with van der Waals surface area (Å²) >= 11 is 0. The van der Waals surface area contributed by atoms with Gasteiger partial charge in [0.1, 0.15) is 0 Å². The number of nitriles is 1. The van der Waals surface area contributed by atoms with Gasteiger partial charge in [0, 0.05) is 22.6 Å². The second-order valence-electron chi connectivity index (χ2n) is 7.08. The van der Waals surface area contributed by atoms with Gasteiger partial charge in [-0.3, -0.25) is 4.79 Å². The fourth-order valence-electron chi connectivity index (χ4n) is 3.58. The zero-order valence-corrected chi connectivity index (χ0v) is 15.8. The summed E-state index contributed by atoms with van der Waals surface area (Å²) in [5, 5.41) is 8.97.